The summed E-state index contributed by atoms with van der Waals surface area (Å²) in [4.78, 5) is 13.3. The molecular formula is C17H20Br3NO. The molecular weight excluding hydrogens is 474 g/mol. The van der Waals surface area contributed by atoms with E-state index in [9.17, 15) is 4.79 Å². The van der Waals surface area contributed by atoms with Crippen molar-refractivity contribution < 1.29 is 4.79 Å². The Balaban J connectivity index is 1.91. The third kappa shape index (κ3) is 1.85. The van der Waals surface area contributed by atoms with Gasteiger partial charge in [0, 0.05) is 15.9 Å². The SMILES string of the molecule is Cc1cccc(NC(=O)[C@]23CC[C@](C(Br)Br)([C@@H]2Br)C3(C)C)c1. The van der Waals surface area contributed by atoms with Gasteiger partial charge in [-0.25, -0.2) is 0 Å². The number of aryl methyl sites for hydroxylation is 1. The Morgan fingerprint density at radius 2 is 2.00 bits per heavy atom. The van der Waals surface area contributed by atoms with Crippen LogP contribution in [0.5, 0.6) is 0 Å². The van der Waals surface area contributed by atoms with Gasteiger partial charge in [0.15, 0.2) is 0 Å². The van der Waals surface area contributed by atoms with Gasteiger partial charge >= 0.3 is 0 Å². The summed E-state index contributed by atoms with van der Waals surface area (Å²) >= 11 is 11.3. The summed E-state index contributed by atoms with van der Waals surface area (Å²) in [6.45, 7) is 6.49. The number of fused-ring (bicyclic) bond motifs is 1. The van der Waals surface area contributed by atoms with Gasteiger partial charge in [0.1, 0.15) is 0 Å². The highest BCUT2D eigenvalue weighted by Crippen LogP contribution is 2.82. The van der Waals surface area contributed by atoms with E-state index in [-0.39, 0.29) is 30.7 Å². The summed E-state index contributed by atoms with van der Waals surface area (Å²) in [6.07, 6.45) is 1.96. The smallest absolute Gasteiger partial charge is 0.232 e. The van der Waals surface area contributed by atoms with Crippen LogP contribution >= 0.6 is 47.8 Å². The molecule has 3 atom stereocenters. The van der Waals surface area contributed by atoms with Crippen LogP contribution in [-0.2, 0) is 4.79 Å². The molecule has 2 nitrogen and oxygen atoms in total. The topological polar surface area (TPSA) is 29.1 Å². The molecule has 4 rings (SSSR count). The number of anilines is 1. The van der Waals surface area contributed by atoms with Gasteiger partial charge in [0.2, 0.25) is 5.91 Å². The second-order valence-corrected chi connectivity index (χ2v) is 11.1. The highest BCUT2D eigenvalue weighted by molar-refractivity contribution is 9.24. The Morgan fingerprint density at radius 1 is 1.32 bits per heavy atom. The van der Waals surface area contributed by atoms with Crippen molar-refractivity contribution in [3.8, 4) is 0 Å². The summed E-state index contributed by atoms with van der Waals surface area (Å²) in [5, 5.41) is 3.15. The number of carbonyl (C=O) groups excluding carboxylic acids is 1. The van der Waals surface area contributed by atoms with Crippen molar-refractivity contribution in [2.24, 2.45) is 16.2 Å². The Morgan fingerprint density at radius 3 is 2.50 bits per heavy atom. The lowest BCUT2D eigenvalue weighted by molar-refractivity contribution is -0.155. The molecule has 1 aromatic carbocycles. The zero-order valence-electron chi connectivity index (χ0n) is 12.9. The zero-order chi connectivity index (χ0) is 16.3. The average Bonchev–Trinajstić information content (AvgIpc) is 2.88. The maximum atomic E-state index is 13.1. The molecule has 22 heavy (non-hydrogen) atoms. The normalized spacial score (nSPS) is 35.3. The molecule has 120 valence electrons. The maximum absolute atomic E-state index is 13.1. The number of amides is 1. The first-order valence-corrected chi connectivity index (χ1v) is 10.3. The van der Waals surface area contributed by atoms with Crippen LogP contribution < -0.4 is 5.32 Å². The lowest BCUT2D eigenvalue weighted by atomic mass is 9.43. The quantitative estimate of drug-likeness (QED) is 0.544. The molecule has 3 aliphatic carbocycles. The van der Waals surface area contributed by atoms with Crippen LogP contribution in [0.3, 0.4) is 0 Å². The van der Waals surface area contributed by atoms with E-state index in [1.807, 2.05) is 31.2 Å². The summed E-state index contributed by atoms with van der Waals surface area (Å²) in [6, 6.07) is 7.99. The molecule has 1 amide bonds. The molecule has 0 saturated heterocycles. The Hall–Kier alpha value is 0.130. The fourth-order valence-corrected chi connectivity index (χ4v) is 9.58. The van der Waals surface area contributed by atoms with Crippen LogP contribution in [0.25, 0.3) is 0 Å². The van der Waals surface area contributed by atoms with E-state index in [0.717, 1.165) is 24.1 Å². The molecule has 3 saturated carbocycles. The van der Waals surface area contributed by atoms with Gasteiger partial charge in [-0.2, -0.15) is 0 Å². The molecule has 0 unspecified atom stereocenters. The Labute approximate surface area is 157 Å². The van der Waals surface area contributed by atoms with E-state index in [0.29, 0.717) is 0 Å². The first kappa shape index (κ1) is 17.0. The van der Waals surface area contributed by atoms with Crippen LogP contribution in [0.4, 0.5) is 5.69 Å². The van der Waals surface area contributed by atoms with Gasteiger partial charge in [-0.05, 0) is 42.9 Å². The first-order valence-electron chi connectivity index (χ1n) is 7.50. The van der Waals surface area contributed by atoms with E-state index in [4.69, 9.17) is 0 Å². The van der Waals surface area contributed by atoms with Gasteiger partial charge in [-0.3, -0.25) is 4.79 Å². The van der Waals surface area contributed by atoms with Crippen molar-refractivity contribution >= 4 is 59.4 Å². The van der Waals surface area contributed by atoms with Crippen molar-refractivity contribution in [3.63, 3.8) is 0 Å². The summed E-state index contributed by atoms with van der Waals surface area (Å²) in [7, 11) is 0. The Kier molecular flexibility index (Phi) is 4.10. The number of hydrogen-bond acceptors (Lipinski definition) is 1. The van der Waals surface area contributed by atoms with Crippen LogP contribution in [-0.4, -0.2) is 14.5 Å². The predicted octanol–water partition coefficient (Wildman–Crippen LogP) is 5.62. The molecule has 1 aromatic rings. The van der Waals surface area contributed by atoms with Crippen LogP contribution in [0, 0.1) is 23.2 Å². The highest BCUT2D eigenvalue weighted by atomic mass is 79.9. The van der Waals surface area contributed by atoms with Crippen LogP contribution in [0.15, 0.2) is 24.3 Å². The lowest BCUT2D eigenvalue weighted by Gasteiger charge is -2.66. The third-order valence-electron chi connectivity index (χ3n) is 6.17. The van der Waals surface area contributed by atoms with Crippen LogP contribution in [0.1, 0.15) is 32.3 Å². The van der Waals surface area contributed by atoms with Gasteiger partial charge in [-0.1, -0.05) is 73.8 Å². The number of halogens is 3. The minimum absolute atomic E-state index is 0.0664. The molecule has 0 radical (unpaired) electrons. The summed E-state index contributed by atoms with van der Waals surface area (Å²) < 4.78 is 0.203. The van der Waals surface area contributed by atoms with Crippen molar-refractivity contribution in [3.05, 3.63) is 29.8 Å². The number of benzene rings is 1. The fourth-order valence-electron chi connectivity index (χ4n) is 4.66. The second kappa shape index (κ2) is 5.32. The van der Waals surface area contributed by atoms with Gasteiger partial charge in [0.25, 0.3) is 0 Å². The van der Waals surface area contributed by atoms with Gasteiger partial charge in [0.05, 0.1) is 9.15 Å². The monoisotopic (exact) mass is 491 g/mol. The van der Waals surface area contributed by atoms with Gasteiger partial charge in [-0.15, -0.1) is 0 Å². The van der Waals surface area contributed by atoms with Crippen molar-refractivity contribution in [1.29, 1.82) is 0 Å². The summed E-state index contributed by atoms with van der Waals surface area (Å²) in [5.74, 6) is 0.138. The average molecular weight is 494 g/mol. The molecule has 0 heterocycles. The standard InChI is InChI=1S/C17H20Br3NO/c1-10-5-4-6-11(9-10)21-14(22)17-8-7-16(12(17)18,13(19)20)15(17,2)3/h4-6,9,12-13H,7-8H2,1-3H3,(H,21,22)/t12-,16+,17-/m0/s1. The summed E-state index contributed by atoms with van der Waals surface area (Å²) in [5.41, 5.74) is 1.68. The number of carbonyl (C=O) groups is 1. The molecule has 0 aliphatic heterocycles. The molecule has 2 bridgehead atoms. The van der Waals surface area contributed by atoms with E-state index in [2.05, 4.69) is 67.0 Å². The van der Waals surface area contributed by atoms with E-state index in [1.54, 1.807) is 0 Å². The molecule has 3 fully saturated rings. The van der Waals surface area contributed by atoms with Crippen molar-refractivity contribution in [2.75, 3.05) is 5.32 Å². The minimum atomic E-state index is -0.351. The molecule has 5 heteroatoms. The molecule has 3 aliphatic rings. The molecule has 0 spiro atoms. The van der Waals surface area contributed by atoms with E-state index >= 15 is 0 Å². The molecule has 1 N–H and O–H groups in total. The van der Waals surface area contributed by atoms with Crippen molar-refractivity contribution in [1.82, 2.24) is 0 Å². The molecule has 0 aromatic heterocycles. The van der Waals surface area contributed by atoms with Gasteiger partial charge < -0.3 is 5.32 Å². The maximum Gasteiger partial charge on any atom is 0.232 e. The fraction of sp³-hybridized carbons (Fsp3) is 0.588. The first-order chi connectivity index (χ1) is 10.2. The predicted molar refractivity (Wildman–Crippen MR) is 102 cm³/mol. The lowest BCUT2D eigenvalue weighted by Crippen LogP contribution is -2.71. The second-order valence-electron chi connectivity index (χ2n) is 7.12. The number of hydrogen-bond donors (Lipinski definition) is 1. The van der Waals surface area contributed by atoms with E-state index < -0.39 is 0 Å². The minimum Gasteiger partial charge on any atom is -0.326 e. The number of alkyl halides is 3. The van der Waals surface area contributed by atoms with E-state index in [1.165, 1.54) is 0 Å². The van der Waals surface area contributed by atoms with Crippen LogP contribution in [0.2, 0.25) is 0 Å². The highest BCUT2D eigenvalue weighted by Gasteiger charge is 2.83. The largest absolute Gasteiger partial charge is 0.326 e. The third-order valence-corrected chi connectivity index (χ3v) is 9.40. The van der Waals surface area contributed by atoms with Crippen molar-refractivity contribution in [2.45, 2.75) is 42.2 Å². The zero-order valence-corrected chi connectivity index (χ0v) is 17.7. The number of rotatable bonds is 3. The Bertz CT molecular complexity index is 630. The number of nitrogens with one attached hydrogen (secondary N) is 1.